The monoisotopic (exact) mass is 327 g/mol. The zero-order valence-electron chi connectivity index (χ0n) is 14.4. The Hall–Kier alpha value is -2.21. The zero-order chi connectivity index (χ0) is 16.9. The highest BCUT2D eigenvalue weighted by Crippen LogP contribution is 2.18. The van der Waals surface area contributed by atoms with E-state index >= 15 is 0 Å². The number of nitrogens with zero attached hydrogens (tertiary/aromatic N) is 5. The lowest BCUT2D eigenvalue weighted by atomic mass is 10.0. The summed E-state index contributed by atoms with van der Waals surface area (Å²) < 4.78 is 1.57. The maximum absolute atomic E-state index is 12.7. The molecule has 0 aliphatic carbocycles. The average Bonchev–Trinajstić information content (AvgIpc) is 3.12. The van der Waals surface area contributed by atoms with E-state index in [2.05, 4.69) is 21.8 Å². The normalized spacial score (nSPS) is 16.2. The van der Waals surface area contributed by atoms with Gasteiger partial charge in [0.05, 0.1) is 5.69 Å². The van der Waals surface area contributed by atoms with Crippen LogP contribution < -0.4 is 0 Å². The Morgan fingerprint density at radius 3 is 2.83 bits per heavy atom. The SMILES string of the molecule is CCCN1CCC(N(C)C(=O)n2cnc(-c3cccnc3)c2)CC1. The average molecular weight is 327 g/mol. The lowest BCUT2D eigenvalue weighted by Gasteiger charge is -2.36. The van der Waals surface area contributed by atoms with Crippen LogP contribution >= 0.6 is 0 Å². The summed E-state index contributed by atoms with van der Waals surface area (Å²) in [5.41, 5.74) is 1.68. The van der Waals surface area contributed by atoms with Crippen LogP contribution in [0, 0.1) is 0 Å². The van der Waals surface area contributed by atoms with E-state index < -0.39 is 0 Å². The van der Waals surface area contributed by atoms with Crippen molar-refractivity contribution < 1.29 is 4.79 Å². The molecule has 0 N–H and O–H groups in total. The summed E-state index contributed by atoms with van der Waals surface area (Å²) in [5.74, 6) is 0. The van der Waals surface area contributed by atoms with E-state index in [0.29, 0.717) is 6.04 Å². The minimum absolute atomic E-state index is 0.0217. The zero-order valence-corrected chi connectivity index (χ0v) is 14.4. The molecule has 128 valence electrons. The summed E-state index contributed by atoms with van der Waals surface area (Å²) >= 11 is 0. The molecule has 0 unspecified atom stereocenters. The van der Waals surface area contributed by atoms with Crippen LogP contribution in [0.3, 0.4) is 0 Å². The van der Waals surface area contributed by atoms with Gasteiger partial charge in [0.25, 0.3) is 0 Å². The molecule has 3 heterocycles. The highest BCUT2D eigenvalue weighted by molar-refractivity contribution is 5.78. The highest BCUT2D eigenvalue weighted by Gasteiger charge is 2.25. The van der Waals surface area contributed by atoms with Gasteiger partial charge in [0, 0.05) is 50.3 Å². The summed E-state index contributed by atoms with van der Waals surface area (Å²) in [4.78, 5) is 25.5. The van der Waals surface area contributed by atoms with Crippen LogP contribution in [0.25, 0.3) is 11.3 Å². The van der Waals surface area contributed by atoms with Crippen LogP contribution in [-0.2, 0) is 0 Å². The van der Waals surface area contributed by atoms with Crippen molar-refractivity contribution >= 4 is 6.03 Å². The number of imidazole rings is 1. The molecule has 6 heteroatoms. The molecule has 2 aromatic heterocycles. The second kappa shape index (κ2) is 7.57. The number of rotatable bonds is 4. The summed E-state index contributed by atoms with van der Waals surface area (Å²) in [6.07, 6.45) is 10.1. The lowest BCUT2D eigenvalue weighted by molar-refractivity contribution is 0.135. The molecular formula is C18H25N5O. The number of hydrogen-bond acceptors (Lipinski definition) is 4. The molecule has 1 fully saturated rings. The minimum Gasteiger partial charge on any atom is -0.324 e. The van der Waals surface area contributed by atoms with Crippen molar-refractivity contribution in [1.82, 2.24) is 24.3 Å². The third-order valence-electron chi connectivity index (χ3n) is 4.71. The fourth-order valence-corrected chi connectivity index (χ4v) is 3.28. The van der Waals surface area contributed by atoms with Crippen LogP contribution in [0.15, 0.2) is 37.1 Å². The van der Waals surface area contributed by atoms with Crippen molar-refractivity contribution in [2.24, 2.45) is 0 Å². The Bertz CT molecular complexity index is 661. The van der Waals surface area contributed by atoms with Crippen LogP contribution in [0.1, 0.15) is 26.2 Å². The van der Waals surface area contributed by atoms with Gasteiger partial charge in [-0.15, -0.1) is 0 Å². The van der Waals surface area contributed by atoms with Crippen molar-refractivity contribution in [3.8, 4) is 11.3 Å². The Labute approximate surface area is 143 Å². The maximum atomic E-state index is 12.7. The van der Waals surface area contributed by atoms with Crippen LogP contribution in [0.2, 0.25) is 0 Å². The van der Waals surface area contributed by atoms with E-state index in [1.165, 1.54) is 6.42 Å². The maximum Gasteiger partial charge on any atom is 0.329 e. The number of amides is 1. The first-order chi connectivity index (χ1) is 11.7. The van der Waals surface area contributed by atoms with Crippen molar-refractivity contribution in [2.45, 2.75) is 32.2 Å². The van der Waals surface area contributed by atoms with Gasteiger partial charge >= 0.3 is 6.03 Å². The molecule has 3 rings (SSSR count). The molecular weight excluding hydrogens is 302 g/mol. The second-order valence-corrected chi connectivity index (χ2v) is 6.37. The van der Waals surface area contributed by atoms with E-state index in [1.807, 2.05) is 24.1 Å². The van der Waals surface area contributed by atoms with Crippen LogP contribution in [-0.4, -0.2) is 63.1 Å². The molecule has 1 aliphatic heterocycles. The summed E-state index contributed by atoms with van der Waals surface area (Å²) in [6, 6.07) is 4.09. The predicted octanol–water partition coefficient (Wildman–Crippen LogP) is 2.72. The Morgan fingerprint density at radius 2 is 2.17 bits per heavy atom. The number of carbonyl (C=O) groups excluding carboxylic acids is 1. The third-order valence-corrected chi connectivity index (χ3v) is 4.71. The van der Waals surface area contributed by atoms with Gasteiger partial charge in [-0.3, -0.25) is 9.55 Å². The molecule has 0 saturated carbocycles. The molecule has 6 nitrogen and oxygen atoms in total. The Morgan fingerprint density at radius 1 is 1.38 bits per heavy atom. The number of piperidine rings is 1. The Balaban J connectivity index is 1.63. The molecule has 0 atom stereocenters. The molecule has 1 aliphatic rings. The first-order valence-electron chi connectivity index (χ1n) is 8.63. The van der Waals surface area contributed by atoms with Gasteiger partial charge in [-0.2, -0.15) is 0 Å². The lowest BCUT2D eigenvalue weighted by Crippen LogP contribution is -2.46. The fraction of sp³-hybridized carbons (Fsp3) is 0.500. The Kier molecular flexibility index (Phi) is 5.25. The number of pyridine rings is 1. The third kappa shape index (κ3) is 3.64. The van der Waals surface area contributed by atoms with Crippen molar-refractivity contribution in [3.63, 3.8) is 0 Å². The second-order valence-electron chi connectivity index (χ2n) is 6.37. The first-order valence-corrected chi connectivity index (χ1v) is 8.63. The van der Waals surface area contributed by atoms with E-state index in [4.69, 9.17) is 0 Å². The topological polar surface area (TPSA) is 54.3 Å². The molecule has 0 bridgehead atoms. The van der Waals surface area contributed by atoms with E-state index in [0.717, 1.165) is 43.7 Å². The highest BCUT2D eigenvalue weighted by atomic mass is 16.2. The summed E-state index contributed by atoms with van der Waals surface area (Å²) in [6.45, 7) is 5.50. The largest absolute Gasteiger partial charge is 0.329 e. The van der Waals surface area contributed by atoms with Gasteiger partial charge in [0.1, 0.15) is 6.33 Å². The van der Waals surface area contributed by atoms with Gasteiger partial charge < -0.3 is 9.80 Å². The van der Waals surface area contributed by atoms with E-state index in [9.17, 15) is 4.79 Å². The van der Waals surface area contributed by atoms with Gasteiger partial charge in [-0.05, 0) is 37.9 Å². The first kappa shape index (κ1) is 16.6. The summed E-state index contributed by atoms with van der Waals surface area (Å²) in [7, 11) is 1.90. The van der Waals surface area contributed by atoms with E-state index in [1.54, 1.807) is 29.5 Å². The number of likely N-dealkylation sites (tertiary alicyclic amines) is 1. The van der Waals surface area contributed by atoms with Gasteiger partial charge in [-0.1, -0.05) is 6.92 Å². The number of carbonyl (C=O) groups is 1. The minimum atomic E-state index is -0.0217. The number of aromatic nitrogens is 3. The quantitative estimate of drug-likeness (QED) is 0.866. The standard InChI is InChI=1S/C18H25N5O/c1-3-9-22-10-6-16(7-11-22)21(2)18(24)23-13-17(20-14-23)15-5-4-8-19-12-15/h4-5,8,12-14,16H,3,6-7,9-11H2,1-2H3. The molecule has 0 radical (unpaired) electrons. The molecule has 0 spiro atoms. The predicted molar refractivity (Wildman–Crippen MR) is 93.8 cm³/mol. The van der Waals surface area contributed by atoms with Gasteiger partial charge in [0.15, 0.2) is 0 Å². The van der Waals surface area contributed by atoms with Crippen molar-refractivity contribution in [3.05, 3.63) is 37.1 Å². The van der Waals surface area contributed by atoms with Crippen molar-refractivity contribution in [1.29, 1.82) is 0 Å². The molecule has 1 saturated heterocycles. The van der Waals surface area contributed by atoms with Gasteiger partial charge in [-0.25, -0.2) is 9.78 Å². The smallest absolute Gasteiger partial charge is 0.324 e. The molecule has 0 aromatic carbocycles. The molecule has 1 amide bonds. The van der Waals surface area contributed by atoms with Gasteiger partial charge in [0.2, 0.25) is 0 Å². The molecule has 24 heavy (non-hydrogen) atoms. The molecule has 2 aromatic rings. The van der Waals surface area contributed by atoms with Crippen LogP contribution in [0.4, 0.5) is 4.79 Å². The van der Waals surface area contributed by atoms with Crippen molar-refractivity contribution in [2.75, 3.05) is 26.7 Å². The van der Waals surface area contributed by atoms with E-state index in [-0.39, 0.29) is 6.03 Å². The number of hydrogen-bond donors (Lipinski definition) is 0. The fourth-order valence-electron chi connectivity index (χ4n) is 3.28. The summed E-state index contributed by atoms with van der Waals surface area (Å²) in [5, 5.41) is 0. The van der Waals surface area contributed by atoms with Crippen LogP contribution in [0.5, 0.6) is 0 Å².